The van der Waals surface area contributed by atoms with E-state index >= 15 is 0 Å². The third-order valence-corrected chi connectivity index (χ3v) is 6.50. The molecule has 1 aromatic heterocycles. The second kappa shape index (κ2) is 9.90. The zero-order chi connectivity index (χ0) is 21.6. The summed E-state index contributed by atoms with van der Waals surface area (Å²) < 4.78 is 0. The molecule has 1 saturated heterocycles. The largest absolute Gasteiger partial charge is 0.350 e. The van der Waals surface area contributed by atoms with Gasteiger partial charge in [-0.05, 0) is 68.1 Å². The highest BCUT2D eigenvalue weighted by Gasteiger charge is 2.24. The zero-order valence-electron chi connectivity index (χ0n) is 17.6. The van der Waals surface area contributed by atoms with Crippen molar-refractivity contribution in [1.82, 2.24) is 10.2 Å². The second-order valence-corrected chi connectivity index (χ2v) is 8.84. The number of hydrogen-bond donors (Lipinski definition) is 2. The Morgan fingerprint density at radius 1 is 1.00 bits per heavy atom. The first-order chi connectivity index (χ1) is 15.1. The number of hydrogen-bond acceptors (Lipinski definition) is 4. The summed E-state index contributed by atoms with van der Waals surface area (Å²) in [6.45, 7) is 4.74. The van der Waals surface area contributed by atoms with Crippen LogP contribution in [0.2, 0.25) is 0 Å². The molecule has 5 nitrogen and oxygen atoms in total. The molecule has 0 bridgehead atoms. The lowest BCUT2D eigenvalue weighted by molar-refractivity contribution is 0.0936. The van der Waals surface area contributed by atoms with E-state index in [2.05, 4.69) is 46.7 Å². The number of rotatable bonds is 7. The van der Waals surface area contributed by atoms with Crippen LogP contribution in [0.25, 0.3) is 0 Å². The van der Waals surface area contributed by atoms with E-state index in [9.17, 15) is 9.59 Å². The van der Waals surface area contributed by atoms with Crippen molar-refractivity contribution in [2.75, 3.05) is 25.0 Å². The Labute approximate surface area is 187 Å². The van der Waals surface area contributed by atoms with E-state index in [1.807, 2.05) is 11.4 Å². The number of benzene rings is 2. The van der Waals surface area contributed by atoms with E-state index in [1.54, 1.807) is 30.3 Å². The fourth-order valence-electron chi connectivity index (χ4n) is 3.93. The maximum atomic E-state index is 12.9. The molecule has 0 spiro atoms. The summed E-state index contributed by atoms with van der Waals surface area (Å²) in [5, 5.41) is 7.83. The molecule has 2 heterocycles. The van der Waals surface area contributed by atoms with Crippen LogP contribution in [0, 0.1) is 6.92 Å². The maximum Gasteiger partial charge on any atom is 0.265 e. The molecule has 2 aromatic carbocycles. The second-order valence-electron chi connectivity index (χ2n) is 7.89. The Balaban J connectivity index is 1.43. The van der Waals surface area contributed by atoms with Crippen LogP contribution < -0.4 is 10.6 Å². The van der Waals surface area contributed by atoms with E-state index in [1.165, 1.54) is 35.3 Å². The van der Waals surface area contributed by atoms with Gasteiger partial charge in [0.05, 0.1) is 10.9 Å². The summed E-state index contributed by atoms with van der Waals surface area (Å²) in [4.78, 5) is 28.3. The molecule has 0 saturated carbocycles. The summed E-state index contributed by atoms with van der Waals surface area (Å²) in [7, 11) is 0. The lowest BCUT2D eigenvalue weighted by atomic mass is 10.0. The summed E-state index contributed by atoms with van der Waals surface area (Å²) in [5.41, 5.74) is 3.60. The number of nitrogens with one attached hydrogen (secondary N) is 2. The number of carbonyl (C=O) groups excluding carboxylic acids is 2. The first-order valence-corrected chi connectivity index (χ1v) is 11.5. The molecule has 3 aromatic rings. The molecule has 2 amide bonds. The topological polar surface area (TPSA) is 61.4 Å². The number of carbonyl (C=O) groups is 2. The van der Waals surface area contributed by atoms with Crippen molar-refractivity contribution in [2.24, 2.45) is 0 Å². The first kappa shape index (κ1) is 21.3. The van der Waals surface area contributed by atoms with Gasteiger partial charge in [0.25, 0.3) is 11.8 Å². The third kappa shape index (κ3) is 5.40. The average Bonchev–Trinajstić information content (AvgIpc) is 3.50. The lowest BCUT2D eigenvalue weighted by Crippen LogP contribution is -2.36. The number of anilines is 1. The SMILES string of the molecule is Cc1ccc(C(CNC(=O)c2cccc(NC(=O)c3cccs3)c2)N2CCCC2)cc1. The van der Waals surface area contributed by atoms with Gasteiger partial charge in [0.2, 0.25) is 0 Å². The minimum Gasteiger partial charge on any atom is -0.350 e. The molecule has 6 heteroatoms. The van der Waals surface area contributed by atoms with Gasteiger partial charge in [-0.15, -0.1) is 11.3 Å². The molecule has 4 rings (SSSR count). The summed E-state index contributed by atoms with van der Waals surface area (Å²) in [5.74, 6) is -0.301. The number of likely N-dealkylation sites (tertiary alicyclic amines) is 1. The highest BCUT2D eigenvalue weighted by atomic mass is 32.1. The molecule has 1 aliphatic heterocycles. The summed E-state index contributed by atoms with van der Waals surface area (Å²) in [6, 6.07) is 19.4. The Morgan fingerprint density at radius 3 is 2.48 bits per heavy atom. The van der Waals surface area contributed by atoms with Crippen molar-refractivity contribution in [3.63, 3.8) is 0 Å². The molecule has 1 aliphatic rings. The highest BCUT2D eigenvalue weighted by Crippen LogP contribution is 2.25. The fraction of sp³-hybridized carbons (Fsp3) is 0.280. The predicted molar refractivity (Wildman–Crippen MR) is 126 cm³/mol. The standard InChI is InChI=1S/C25H27N3O2S/c1-18-9-11-19(12-10-18)22(28-13-2-3-14-28)17-26-24(29)20-6-4-7-21(16-20)27-25(30)23-8-5-15-31-23/h4-12,15-16,22H,2-3,13-14,17H2,1H3,(H,26,29)(H,27,30). The van der Waals surface area contributed by atoms with E-state index in [4.69, 9.17) is 0 Å². The Hall–Kier alpha value is -2.96. The normalized spacial score (nSPS) is 14.9. The maximum absolute atomic E-state index is 12.9. The van der Waals surface area contributed by atoms with Gasteiger partial charge in [-0.1, -0.05) is 42.0 Å². The van der Waals surface area contributed by atoms with Crippen LogP contribution in [0.3, 0.4) is 0 Å². The van der Waals surface area contributed by atoms with Crippen molar-refractivity contribution < 1.29 is 9.59 Å². The van der Waals surface area contributed by atoms with E-state index in [-0.39, 0.29) is 17.9 Å². The Bertz CT molecular complexity index is 1030. The van der Waals surface area contributed by atoms with Gasteiger partial charge < -0.3 is 10.6 Å². The molecular formula is C25H27N3O2S. The van der Waals surface area contributed by atoms with E-state index < -0.39 is 0 Å². The van der Waals surface area contributed by atoms with E-state index in [0.717, 1.165) is 13.1 Å². The van der Waals surface area contributed by atoms with Gasteiger partial charge in [-0.3, -0.25) is 14.5 Å². The van der Waals surface area contributed by atoms with Crippen molar-refractivity contribution in [2.45, 2.75) is 25.8 Å². The monoisotopic (exact) mass is 433 g/mol. The van der Waals surface area contributed by atoms with Crippen molar-refractivity contribution in [3.8, 4) is 0 Å². The van der Waals surface area contributed by atoms with Gasteiger partial charge in [-0.2, -0.15) is 0 Å². The number of nitrogens with zero attached hydrogens (tertiary/aromatic N) is 1. The Morgan fingerprint density at radius 2 is 1.77 bits per heavy atom. The molecule has 31 heavy (non-hydrogen) atoms. The lowest BCUT2D eigenvalue weighted by Gasteiger charge is -2.28. The Kier molecular flexibility index (Phi) is 6.79. The molecule has 1 atom stereocenters. The van der Waals surface area contributed by atoms with Crippen LogP contribution in [-0.2, 0) is 0 Å². The van der Waals surface area contributed by atoms with Gasteiger partial charge >= 0.3 is 0 Å². The highest BCUT2D eigenvalue weighted by molar-refractivity contribution is 7.12. The zero-order valence-corrected chi connectivity index (χ0v) is 18.5. The van der Waals surface area contributed by atoms with Crippen LogP contribution >= 0.6 is 11.3 Å². The molecule has 0 aliphatic carbocycles. The smallest absolute Gasteiger partial charge is 0.265 e. The summed E-state index contributed by atoms with van der Waals surface area (Å²) in [6.07, 6.45) is 2.39. The minimum absolute atomic E-state index is 0.136. The number of amides is 2. The fourth-order valence-corrected chi connectivity index (χ4v) is 4.55. The third-order valence-electron chi connectivity index (χ3n) is 5.63. The molecule has 160 valence electrons. The van der Waals surface area contributed by atoms with Crippen molar-refractivity contribution >= 4 is 28.8 Å². The molecule has 2 N–H and O–H groups in total. The molecule has 0 radical (unpaired) electrons. The first-order valence-electron chi connectivity index (χ1n) is 10.6. The summed E-state index contributed by atoms with van der Waals surface area (Å²) >= 11 is 1.39. The minimum atomic E-state index is -0.166. The van der Waals surface area contributed by atoms with Crippen LogP contribution in [0.1, 0.15) is 50.0 Å². The van der Waals surface area contributed by atoms with Crippen molar-refractivity contribution in [3.05, 3.63) is 87.6 Å². The van der Waals surface area contributed by atoms with Gasteiger partial charge in [0, 0.05) is 17.8 Å². The van der Waals surface area contributed by atoms with E-state index in [0.29, 0.717) is 22.7 Å². The quantitative estimate of drug-likeness (QED) is 0.558. The van der Waals surface area contributed by atoms with Crippen LogP contribution in [-0.4, -0.2) is 36.3 Å². The predicted octanol–water partition coefficient (Wildman–Crippen LogP) is 4.88. The average molecular weight is 434 g/mol. The van der Waals surface area contributed by atoms with Crippen LogP contribution in [0.5, 0.6) is 0 Å². The van der Waals surface area contributed by atoms with Crippen LogP contribution in [0.4, 0.5) is 5.69 Å². The van der Waals surface area contributed by atoms with Crippen LogP contribution in [0.15, 0.2) is 66.0 Å². The van der Waals surface area contributed by atoms with Gasteiger partial charge in [0.15, 0.2) is 0 Å². The number of thiophene rings is 1. The molecular weight excluding hydrogens is 406 g/mol. The van der Waals surface area contributed by atoms with Gasteiger partial charge in [0.1, 0.15) is 0 Å². The molecule has 1 unspecified atom stereocenters. The van der Waals surface area contributed by atoms with Gasteiger partial charge in [-0.25, -0.2) is 0 Å². The molecule has 1 fully saturated rings. The van der Waals surface area contributed by atoms with Crippen molar-refractivity contribution in [1.29, 1.82) is 0 Å². The number of aryl methyl sites for hydroxylation is 1.